The molecule has 2 aromatic carbocycles. The number of carbonyl (C=O) groups is 1. The van der Waals surface area contributed by atoms with Crippen LogP contribution in [0.1, 0.15) is 44.2 Å². The Morgan fingerprint density at radius 2 is 1.79 bits per heavy atom. The maximum atomic E-state index is 11.2. The van der Waals surface area contributed by atoms with Crippen LogP contribution in [0.2, 0.25) is 0 Å². The average Bonchev–Trinajstić information content (AvgIpc) is 2.98. The predicted molar refractivity (Wildman–Crippen MR) is 96.9 cm³/mol. The van der Waals surface area contributed by atoms with Crippen molar-refractivity contribution in [2.24, 2.45) is 0 Å². The second-order valence-corrected chi connectivity index (χ2v) is 6.10. The Kier molecular flexibility index (Phi) is 4.67. The van der Waals surface area contributed by atoms with Gasteiger partial charge in [0.25, 0.3) is 0 Å². The lowest BCUT2D eigenvalue weighted by molar-refractivity contribution is -0.114. The second-order valence-electron chi connectivity index (χ2n) is 6.10. The molecule has 24 heavy (non-hydrogen) atoms. The van der Waals surface area contributed by atoms with Crippen molar-refractivity contribution in [1.82, 2.24) is 5.32 Å². The number of hydrogen-bond acceptors (Lipinski definition) is 3. The standard InChI is InChI=1S/C20H22N2O2/c1-13(16-8-6-9-18(11-16)22-15(3)23)21-14(2)20-12-17-7-4-5-10-19(17)24-20/h4-14,21H,1-3H3,(H,22,23). The van der Waals surface area contributed by atoms with Crippen molar-refractivity contribution in [1.29, 1.82) is 0 Å². The van der Waals surface area contributed by atoms with Crippen molar-refractivity contribution in [3.05, 3.63) is 65.9 Å². The molecule has 2 unspecified atom stereocenters. The number of anilines is 1. The number of para-hydroxylation sites is 1. The summed E-state index contributed by atoms with van der Waals surface area (Å²) < 4.78 is 5.92. The molecule has 2 N–H and O–H groups in total. The smallest absolute Gasteiger partial charge is 0.221 e. The van der Waals surface area contributed by atoms with Crippen LogP contribution in [0.25, 0.3) is 11.0 Å². The molecule has 0 spiro atoms. The van der Waals surface area contributed by atoms with Gasteiger partial charge >= 0.3 is 0 Å². The summed E-state index contributed by atoms with van der Waals surface area (Å²) in [5.41, 5.74) is 2.83. The summed E-state index contributed by atoms with van der Waals surface area (Å²) in [6, 6.07) is 18.2. The molecule has 0 aliphatic carbocycles. The molecular weight excluding hydrogens is 300 g/mol. The van der Waals surface area contributed by atoms with Gasteiger partial charge in [-0.2, -0.15) is 0 Å². The van der Waals surface area contributed by atoms with Gasteiger partial charge in [0.2, 0.25) is 5.91 Å². The fourth-order valence-electron chi connectivity index (χ4n) is 2.86. The van der Waals surface area contributed by atoms with Crippen LogP contribution in [0.5, 0.6) is 0 Å². The Labute approximate surface area is 141 Å². The molecule has 0 saturated heterocycles. The van der Waals surface area contributed by atoms with E-state index in [1.54, 1.807) is 0 Å². The van der Waals surface area contributed by atoms with E-state index >= 15 is 0 Å². The maximum Gasteiger partial charge on any atom is 0.221 e. The topological polar surface area (TPSA) is 54.3 Å². The van der Waals surface area contributed by atoms with E-state index in [0.717, 1.165) is 28.0 Å². The molecule has 0 radical (unpaired) electrons. The van der Waals surface area contributed by atoms with E-state index in [1.807, 2.05) is 42.5 Å². The number of fused-ring (bicyclic) bond motifs is 1. The largest absolute Gasteiger partial charge is 0.459 e. The second kappa shape index (κ2) is 6.89. The third kappa shape index (κ3) is 3.66. The molecule has 1 aromatic heterocycles. The number of rotatable bonds is 5. The fraction of sp³-hybridized carbons (Fsp3) is 0.250. The van der Waals surface area contributed by atoms with Crippen LogP contribution in [0, 0.1) is 0 Å². The van der Waals surface area contributed by atoms with Crippen LogP contribution in [0.3, 0.4) is 0 Å². The van der Waals surface area contributed by atoms with Gasteiger partial charge in [0.1, 0.15) is 11.3 Å². The summed E-state index contributed by atoms with van der Waals surface area (Å²) in [5, 5.41) is 7.48. The molecule has 2 atom stereocenters. The number of hydrogen-bond donors (Lipinski definition) is 2. The number of carbonyl (C=O) groups excluding carboxylic acids is 1. The number of nitrogens with one attached hydrogen (secondary N) is 2. The van der Waals surface area contributed by atoms with Crippen LogP contribution < -0.4 is 10.6 Å². The predicted octanol–water partition coefficient (Wildman–Crippen LogP) is 4.80. The number of amides is 1. The third-order valence-corrected chi connectivity index (χ3v) is 4.08. The van der Waals surface area contributed by atoms with Crippen molar-refractivity contribution < 1.29 is 9.21 Å². The lowest BCUT2D eigenvalue weighted by Crippen LogP contribution is -2.22. The minimum atomic E-state index is -0.0663. The van der Waals surface area contributed by atoms with Gasteiger partial charge in [-0.15, -0.1) is 0 Å². The van der Waals surface area contributed by atoms with Gasteiger partial charge in [-0.1, -0.05) is 30.3 Å². The third-order valence-electron chi connectivity index (χ3n) is 4.08. The van der Waals surface area contributed by atoms with E-state index < -0.39 is 0 Å². The molecule has 4 heteroatoms. The molecule has 0 bridgehead atoms. The average molecular weight is 322 g/mol. The summed E-state index contributed by atoms with van der Waals surface area (Å²) in [5.74, 6) is 0.851. The lowest BCUT2D eigenvalue weighted by atomic mass is 10.1. The number of benzene rings is 2. The Bertz CT molecular complexity index is 820. The van der Waals surface area contributed by atoms with Gasteiger partial charge in [-0.3, -0.25) is 4.79 Å². The molecular formula is C20H22N2O2. The zero-order chi connectivity index (χ0) is 17.1. The normalized spacial score (nSPS) is 13.6. The summed E-state index contributed by atoms with van der Waals surface area (Å²) >= 11 is 0. The van der Waals surface area contributed by atoms with Gasteiger partial charge in [-0.05, 0) is 43.7 Å². The first-order valence-corrected chi connectivity index (χ1v) is 8.15. The summed E-state index contributed by atoms with van der Waals surface area (Å²) in [6.45, 7) is 5.70. The zero-order valence-electron chi connectivity index (χ0n) is 14.2. The van der Waals surface area contributed by atoms with Crippen LogP contribution >= 0.6 is 0 Å². The Hall–Kier alpha value is -2.59. The summed E-state index contributed by atoms with van der Waals surface area (Å²) in [4.78, 5) is 11.2. The highest BCUT2D eigenvalue weighted by Crippen LogP contribution is 2.26. The summed E-state index contributed by atoms with van der Waals surface area (Å²) in [7, 11) is 0. The molecule has 0 fully saturated rings. The van der Waals surface area contributed by atoms with Gasteiger partial charge < -0.3 is 15.1 Å². The van der Waals surface area contributed by atoms with Gasteiger partial charge in [0.05, 0.1) is 6.04 Å². The molecule has 0 aliphatic rings. The molecule has 3 rings (SSSR count). The first kappa shape index (κ1) is 16.3. The first-order chi connectivity index (χ1) is 11.5. The highest BCUT2D eigenvalue weighted by molar-refractivity contribution is 5.88. The molecule has 0 saturated carbocycles. The minimum Gasteiger partial charge on any atom is -0.459 e. The van der Waals surface area contributed by atoms with Crippen LogP contribution in [-0.2, 0) is 4.79 Å². The van der Waals surface area contributed by atoms with E-state index in [2.05, 4.69) is 36.6 Å². The lowest BCUT2D eigenvalue weighted by Gasteiger charge is -2.19. The van der Waals surface area contributed by atoms with E-state index in [9.17, 15) is 4.79 Å². The molecule has 4 nitrogen and oxygen atoms in total. The summed E-state index contributed by atoms with van der Waals surface area (Å²) in [6.07, 6.45) is 0. The van der Waals surface area contributed by atoms with Gasteiger partial charge in [-0.25, -0.2) is 0 Å². The van der Waals surface area contributed by atoms with E-state index in [0.29, 0.717) is 0 Å². The number of furan rings is 1. The fourth-order valence-corrected chi connectivity index (χ4v) is 2.86. The van der Waals surface area contributed by atoms with Crippen molar-refractivity contribution in [2.75, 3.05) is 5.32 Å². The molecule has 1 heterocycles. The zero-order valence-corrected chi connectivity index (χ0v) is 14.2. The van der Waals surface area contributed by atoms with Crippen LogP contribution in [-0.4, -0.2) is 5.91 Å². The van der Waals surface area contributed by atoms with Crippen molar-refractivity contribution in [2.45, 2.75) is 32.9 Å². The monoisotopic (exact) mass is 322 g/mol. The highest BCUT2D eigenvalue weighted by Gasteiger charge is 2.15. The Morgan fingerprint density at radius 3 is 2.54 bits per heavy atom. The van der Waals surface area contributed by atoms with Crippen molar-refractivity contribution >= 4 is 22.6 Å². The Morgan fingerprint density at radius 1 is 1.00 bits per heavy atom. The SMILES string of the molecule is CC(=O)Nc1cccc(C(C)NC(C)c2cc3ccccc3o2)c1. The molecule has 1 amide bonds. The molecule has 124 valence electrons. The van der Waals surface area contributed by atoms with Crippen LogP contribution in [0.15, 0.2) is 59.0 Å². The van der Waals surface area contributed by atoms with Crippen molar-refractivity contribution in [3.63, 3.8) is 0 Å². The minimum absolute atomic E-state index is 0.0663. The molecule has 0 aliphatic heterocycles. The Balaban J connectivity index is 1.73. The van der Waals surface area contributed by atoms with Crippen LogP contribution in [0.4, 0.5) is 5.69 Å². The highest BCUT2D eigenvalue weighted by atomic mass is 16.3. The van der Waals surface area contributed by atoms with E-state index in [1.165, 1.54) is 6.92 Å². The van der Waals surface area contributed by atoms with Crippen molar-refractivity contribution in [3.8, 4) is 0 Å². The maximum absolute atomic E-state index is 11.2. The van der Waals surface area contributed by atoms with Gasteiger partial charge in [0.15, 0.2) is 0 Å². The molecule has 3 aromatic rings. The van der Waals surface area contributed by atoms with E-state index in [4.69, 9.17) is 4.42 Å². The van der Waals surface area contributed by atoms with E-state index in [-0.39, 0.29) is 18.0 Å². The quantitative estimate of drug-likeness (QED) is 0.709. The van der Waals surface area contributed by atoms with Gasteiger partial charge in [0, 0.05) is 24.0 Å². The first-order valence-electron chi connectivity index (χ1n) is 8.15.